The van der Waals surface area contributed by atoms with Gasteiger partial charge in [-0.2, -0.15) is 0 Å². The molecule has 3 aliphatic carbocycles. The molecule has 4 atom stereocenters. The fraction of sp³-hybridized carbons (Fsp3) is 0.500. The topological polar surface area (TPSA) is 55.4 Å². The lowest BCUT2D eigenvalue weighted by molar-refractivity contribution is -0.153. The van der Waals surface area contributed by atoms with Gasteiger partial charge in [0.05, 0.1) is 12.0 Å². The second kappa shape index (κ2) is 6.42. The van der Waals surface area contributed by atoms with E-state index in [1.807, 2.05) is 12.1 Å². The molecule has 4 nitrogen and oxygen atoms in total. The van der Waals surface area contributed by atoms with Crippen molar-refractivity contribution in [2.75, 3.05) is 6.61 Å². The molecule has 0 spiro atoms. The molecule has 1 N–H and O–H groups in total. The Kier molecular flexibility index (Phi) is 4.13. The van der Waals surface area contributed by atoms with Gasteiger partial charge in [0.25, 0.3) is 5.91 Å². The molecule has 4 rings (SSSR count). The molecule has 0 radical (unpaired) electrons. The van der Waals surface area contributed by atoms with Crippen molar-refractivity contribution < 1.29 is 14.3 Å². The smallest absolute Gasteiger partial charge is 0.310 e. The van der Waals surface area contributed by atoms with Gasteiger partial charge in [-0.15, -0.1) is 0 Å². The van der Waals surface area contributed by atoms with Gasteiger partial charge in [-0.3, -0.25) is 9.59 Å². The number of rotatable bonds is 4. The Labute approximate surface area is 142 Å². The first-order valence-electron chi connectivity index (χ1n) is 8.93. The number of carbonyl (C=O) groups excluding carboxylic acids is 2. The molecule has 1 aromatic carbocycles. The Balaban J connectivity index is 1.30. The van der Waals surface area contributed by atoms with E-state index in [0.717, 1.165) is 32.1 Å². The third-order valence-electron chi connectivity index (χ3n) is 5.63. The number of allylic oxidation sites excluding steroid dienone is 2. The van der Waals surface area contributed by atoms with Gasteiger partial charge in [-0.25, -0.2) is 0 Å². The zero-order valence-electron chi connectivity index (χ0n) is 13.7. The normalized spacial score (nSPS) is 30.0. The maximum Gasteiger partial charge on any atom is 0.310 e. The van der Waals surface area contributed by atoms with Crippen LogP contribution in [0.15, 0.2) is 36.4 Å². The number of esters is 1. The highest BCUT2D eigenvalue weighted by Crippen LogP contribution is 2.43. The molecule has 24 heavy (non-hydrogen) atoms. The zero-order valence-corrected chi connectivity index (χ0v) is 13.7. The number of hydrogen-bond acceptors (Lipinski definition) is 3. The van der Waals surface area contributed by atoms with E-state index in [4.69, 9.17) is 4.74 Å². The molecular formula is C20H23NO3. The Morgan fingerprint density at radius 2 is 2.04 bits per heavy atom. The van der Waals surface area contributed by atoms with E-state index in [2.05, 4.69) is 29.6 Å². The number of nitrogens with one attached hydrogen (secondary N) is 1. The van der Waals surface area contributed by atoms with E-state index in [-0.39, 0.29) is 30.4 Å². The first-order chi connectivity index (χ1) is 11.7. The van der Waals surface area contributed by atoms with Crippen molar-refractivity contribution in [2.24, 2.45) is 17.8 Å². The minimum absolute atomic E-state index is 0.0339. The lowest BCUT2D eigenvalue weighted by Crippen LogP contribution is -2.35. The second-order valence-corrected chi connectivity index (χ2v) is 7.21. The van der Waals surface area contributed by atoms with Gasteiger partial charge in [0.1, 0.15) is 0 Å². The molecule has 2 bridgehead atoms. The Bertz CT molecular complexity index is 681. The fourth-order valence-electron chi connectivity index (χ4n) is 4.44. The summed E-state index contributed by atoms with van der Waals surface area (Å²) >= 11 is 0. The van der Waals surface area contributed by atoms with Gasteiger partial charge in [0.2, 0.25) is 0 Å². The van der Waals surface area contributed by atoms with Crippen LogP contribution in [-0.2, 0) is 20.7 Å². The number of ether oxygens (including phenoxy) is 1. The zero-order chi connectivity index (χ0) is 16.5. The summed E-state index contributed by atoms with van der Waals surface area (Å²) < 4.78 is 5.29. The van der Waals surface area contributed by atoms with Crippen LogP contribution in [0.2, 0.25) is 0 Å². The van der Waals surface area contributed by atoms with Crippen LogP contribution in [-0.4, -0.2) is 18.5 Å². The molecule has 1 fully saturated rings. The maximum atomic E-state index is 12.2. The summed E-state index contributed by atoms with van der Waals surface area (Å²) in [4.78, 5) is 24.4. The number of benzene rings is 1. The van der Waals surface area contributed by atoms with Gasteiger partial charge in [0, 0.05) is 0 Å². The van der Waals surface area contributed by atoms with Gasteiger partial charge in [-0.05, 0) is 55.1 Å². The van der Waals surface area contributed by atoms with Gasteiger partial charge in [-0.1, -0.05) is 36.4 Å². The summed E-state index contributed by atoms with van der Waals surface area (Å²) in [6, 6.07) is 8.27. The van der Waals surface area contributed by atoms with Crippen LogP contribution in [0.3, 0.4) is 0 Å². The maximum absolute atomic E-state index is 12.2. The van der Waals surface area contributed by atoms with Crippen LogP contribution < -0.4 is 5.32 Å². The molecule has 4 heteroatoms. The highest BCUT2D eigenvalue weighted by Gasteiger charge is 2.40. The summed E-state index contributed by atoms with van der Waals surface area (Å²) in [5.74, 6) is 0.369. The van der Waals surface area contributed by atoms with Crippen LogP contribution in [0.5, 0.6) is 0 Å². The molecular weight excluding hydrogens is 302 g/mol. The molecule has 0 saturated heterocycles. The molecule has 4 unspecified atom stereocenters. The van der Waals surface area contributed by atoms with Crippen molar-refractivity contribution in [3.05, 3.63) is 47.5 Å². The Hall–Kier alpha value is -2.10. The first-order valence-corrected chi connectivity index (χ1v) is 8.93. The first kappa shape index (κ1) is 15.4. The van der Waals surface area contributed by atoms with Gasteiger partial charge < -0.3 is 10.1 Å². The summed E-state index contributed by atoms with van der Waals surface area (Å²) in [7, 11) is 0. The summed E-state index contributed by atoms with van der Waals surface area (Å²) in [6.07, 6.45) is 9.33. The molecule has 1 aromatic rings. The number of hydrogen-bond donors (Lipinski definition) is 1. The van der Waals surface area contributed by atoms with Gasteiger partial charge >= 0.3 is 5.97 Å². The third kappa shape index (κ3) is 2.97. The van der Waals surface area contributed by atoms with Crippen LogP contribution in [0, 0.1) is 17.8 Å². The highest BCUT2D eigenvalue weighted by atomic mass is 16.5. The van der Waals surface area contributed by atoms with Crippen molar-refractivity contribution in [1.82, 2.24) is 5.32 Å². The lowest BCUT2D eigenvalue weighted by Gasteiger charge is -2.26. The van der Waals surface area contributed by atoms with E-state index in [0.29, 0.717) is 11.8 Å². The number of aryl methyl sites for hydroxylation is 1. The van der Waals surface area contributed by atoms with Crippen molar-refractivity contribution in [3.8, 4) is 0 Å². The van der Waals surface area contributed by atoms with Crippen LogP contribution in [0.25, 0.3) is 0 Å². The van der Waals surface area contributed by atoms with Crippen LogP contribution in [0.1, 0.15) is 42.9 Å². The highest BCUT2D eigenvalue weighted by molar-refractivity contribution is 5.82. The van der Waals surface area contributed by atoms with Gasteiger partial charge in [0.15, 0.2) is 6.61 Å². The molecule has 0 aliphatic heterocycles. The molecule has 0 aromatic heterocycles. The number of carbonyl (C=O) groups is 2. The SMILES string of the molecule is O=C(COC(=O)C1CC2C=CC1C2)NC1CCCc2ccccc21. The van der Waals surface area contributed by atoms with Crippen molar-refractivity contribution in [1.29, 1.82) is 0 Å². The second-order valence-electron chi connectivity index (χ2n) is 7.21. The standard InChI is InChI=1S/C20H23NO3/c22-19(12-24-20(23)17-11-13-8-9-15(17)10-13)21-18-7-3-5-14-4-1-2-6-16(14)18/h1-2,4,6,8-9,13,15,17-18H,3,5,7,10-12H2,(H,21,22). The summed E-state index contributed by atoms with van der Waals surface area (Å²) in [5.41, 5.74) is 2.50. The molecule has 126 valence electrons. The monoisotopic (exact) mass is 325 g/mol. The Morgan fingerprint density at radius 3 is 2.83 bits per heavy atom. The molecule has 1 amide bonds. The number of amides is 1. The van der Waals surface area contributed by atoms with Crippen molar-refractivity contribution in [2.45, 2.75) is 38.1 Å². The predicted octanol–water partition coefficient (Wildman–Crippen LogP) is 2.94. The minimum Gasteiger partial charge on any atom is -0.455 e. The lowest BCUT2D eigenvalue weighted by atomic mass is 9.88. The summed E-state index contributed by atoms with van der Waals surface area (Å²) in [5, 5.41) is 3.02. The minimum atomic E-state index is -0.217. The van der Waals surface area contributed by atoms with E-state index < -0.39 is 0 Å². The van der Waals surface area contributed by atoms with Crippen LogP contribution in [0.4, 0.5) is 0 Å². The average Bonchev–Trinajstić information content (AvgIpc) is 3.23. The summed E-state index contributed by atoms with van der Waals surface area (Å²) in [6.45, 7) is -0.172. The van der Waals surface area contributed by atoms with Crippen molar-refractivity contribution >= 4 is 11.9 Å². The fourth-order valence-corrected chi connectivity index (χ4v) is 4.44. The largest absolute Gasteiger partial charge is 0.455 e. The van der Waals surface area contributed by atoms with Crippen LogP contribution >= 0.6 is 0 Å². The quantitative estimate of drug-likeness (QED) is 0.684. The van der Waals surface area contributed by atoms with E-state index in [1.54, 1.807) is 0 Å². The van der Waals surface area contributed by atoms with E-state index in [1.165, 1.54) is 11.1 Å². The number of fused-ring (bicyclic) bond motifs is 3. The predicted molar refractivity (Wildman–Crippen MR) is 90.1 cm³/mol. The van der Waals surface area contributed by atoms with Crippen molar-refractivity contribution in [3.63, 3.8) is 0 Å². The third-order valence-corrected chi connectivity index (χ3v) is 5.63. The van der Waals surface area contributed by atoms with E-state index in [9.17, 15) is 9.59 Å². The average molecular weight is 325 g/mol. The molecule has 1 saturated carbocycles. The Morgan fingerprint density at radius 1 is 1.17 bits per heavy atom. The molecule has 0 heterocycles. The van der Waals surface area contributed by atoms with E-state index >= 15 is 0 Å². The molecule has 3 aliphatic rings.